The number of rotatable bonds is 10. The van der Waals surface area contributed by atoms with Crippen LogP contribution in [0.1, 0.15) is 36.6 Å². The van der Waals surface area contributed by atoms with Gasteiger partial charge in [0.2, 0.25) is 0 Å². The SMILES string of the molecule is CCOc1ccc([C@@H]2C(C(=O)Nc3ccccc3)=C(C)N=c3s/c(=C\c4cc(Br)ccc4OCc4ccc([N+](=O)[O-])cc4)c(=O)n32)cc1. The van der Waals surface area contributed by atoms with Crippen LogP contribution in [0.5, 0.6) is 11.5 Å². The highest BCUT2D eigenvalue weighted by molar-refractivity contribution is 9.10. The first-order chi connectivity index (χ1) is 23.2. The molecular weight excluding hydrogens is 696 g/mol. The second-order valence-corrected chi connectivity index (χ2v) is 12.7. The minimum absolute atomic E-state index is 0.00191. The van der Waals surface area contributed by atoms with Gasteiger partial charge in [0.05, 0.1) is 33.4 Å². The fraction of sp³-hybridized carbons (Fsp3) is 0.139. The Balaban J connectivity index is 1.41. The molecule has 1 amide bonds. The number of benzene rings is 4. The van der Waals surface area contributed by atoms with Crippen molar-refractivity contribution in [3.8, 4) is 11.5 Å². The first-order valence-electron chi connectivity index (χ1n) is 15.0. The Morgan fingerprint density at radius 3 is 2.46 bits per heavy atom. The molecule has 0 spiro atoms. The molecule has 242 valence electrons. The van der Waals surface area contributed by atoms with Crippen LogP contribution in [0.25, 0.3) is 6.08 Å². The van der Waals surface area contributed by atoms with Crippen molar-refractivity contribution in [1.82, 2.24) is 4.57 Å². The van der Waals surface area contributed by atoms with Crippen molar-refractivity contribution in [2.45, 2.75) is 26.5 Å². The number of fused-ring (bicyclic) bond motifs is 1. The number of nitro benzene ring substituents is 1. The quantitative estimate of drug-likeness (QED) is 0.129. The number of allylic oxidation sites excluding steroid dienone is 1. The van der Waals surface area contributed by atoms with Crippen LogP contribution in [0.15, 0.2) is 123 Å². The molecule has 0 saturated heterocycles. The molecule has 0 radical (unpaired) electrons. The molecule has 48 heavy (non-hydrogen) atoms. The molecular formula is C36H29BrN4O6S. The first kappa shape index (κ1) is 32.6. The zero-order valence-corrected chi connectivity index (χ0v) is 28.3. The summed E-state index contributed by atoms with van der Waals surface area (Å²) in [6.45, 7) is 4.35. The molecule has 1 aromatic heterocycles. The molecule has 0 saturated carbocycles. The molecule has 4 aromatic carbocycles. The number of hydrogen-bond donors (Lipinski definition) is 1. The number of anilines is 1. The lowest BCUT2D eigenvalue weighted by atomic mass is 9.95. The average molecular weight is 726 g/mol. The number of nitrogens with one attached hydrogen (secondary N) is 1. The zero-order valence-electron chi connectivity index (χ0n) is 25.9. The van der Waals surface area contributed by atoms with E-state index in [9.17, 15) is 19.7 Å². The number of thiazole rings is 1. The minimum Gasteiger partial charge on any atom is -0.494 e. The third-order valence-electron chi connectivity index (χ3n) is 7.60. The number of aromatic nitrogens is 1. The smallest absolute Gasteiger partial charge is 0.271 e. The lowest BCUT2D eigenvalue weighted by Crippen LogP contribution is -2.40. The van der Waals surface area contributed by atoms with E-state index >= 15 is 0 Å². The summed E-state index contributed by atoms with van der Waals surface area (Å²) in [7, 11) is 0. The van der Waals surface area contributed by atoms with E-state index in [1.807, 2.05) is 61.5 Å². The maximum Gasteiger partial charge on any atom is 0.271 e. The van der Waals surface area contributed by atoms with Gasteiger partial charge in [0.25, 0.3) is 17.2 Å². The van der Waals surface area contributed by atoms with Crippen molar-refractivity contribution in [1.29, 1.82) is 0 Å². The van der Waals surface area contributed by atoms with Gasteiger partial charge in [0.1, 0.15) is 18.1 Å². The predicted molar refractivity (Wildman–Crippen MR) is 188 cm³/mol. The van der Waals surface area contributed by atoms with Gasteiger partial charge in [0, 0.05) is 27.9 Å². The lowest BCUT2D eigenvalue weighted by molar-refractivity contribution is -0.384. The highest BCUT2D eigenvalue weighted by Gasteiger charge is 2.32. The zero-order chi connectivity index (χ0) is 33.8. The molecule has 1 atom stereocenters. The lowest BCUT2D eigenvalue weighted by Gasteiger charge is -2.25. The normalized spacial score (nSPS) is 14.2. The molecule has 6 rings (SSSR count). The van der Waals surface area contributed by atoms with Crippen molar-refractivity contribution >= 4 is 50.6 Å². The van der Waals surface area contributed by atoms with Crippen LogP contribution in [0.3, 0.4) is 0 Å². The average Bonchev–Trinajstić information content (AvgIpc) is 3.38. The Labute approximate surface area is 287 Å². The summed E-state index contributed by atoms with van der Waals surface area (Å²) in [4.78, 5) is 43.9. The van der Waals surface area contributed by atoms with Crippen molar-refractivity contribution < 1.29 is 19.2 Å². The van der Waals surface area contributed by atoms with Gasteiger partial charge in [0.15, 0.2) is 4.80 Å². The van der Waals surface area contributed by atoms with Crippen LogP contribution in [0.2, 0.25) is 0 Å². The summed E-state index contributed by atoms with van der Waals surface area (Å²) in [6, 6.07) is 27.4. The number of non-ortho nitro benzene ring substituents is 1. The highest BCUT2D eigenvalue weighted by Crippen LogP contribution is 2.32. The molecule has 1 N–H and O–H groups in total. The van der Waals surface area contributed by atoms with Crippen LogP contribution in [-0.4, -0.2) is 22.0 Å². The van der Waals surface area contributed by atoms with Crippen molar-refractivity contribution in [2.24, 2.45) is 4.99 Å². The van der Waals surface area contributed by atoms with Crippen molar-refractivity contribution in [2.75, 3.05) is 11.9 Å². The molecule has 0 unspecified atom stereocenters. The number of amides is 1. The number of carbonyl (C=O) groups excluding carboxylic acids is 1. The number of nitrogens with zero attached hydrogens (tertiary/aromatic N) is 3. The summed E-state index contributed by atoms with van der Waals surface area (Å²) >= 11 is 4.74. The number of nitro groups is 1. The van der Waals surface area contributed by atoms with E-state index in [2.05, 4.69) is 21.2 Å². The summed E-state index contributed by atoms with van der Waals surface area (Å²) in [5.74, 6) is 0.842. The van der Waals surface area contributed by atoms with Gasteiger partial charge in [-0.2, -0.15) is 0 Å². The van der Waals surface area contributed by atoms with Gasteiger partial charge in [-0.1, -0.05) is 57.6 Å². The second-order valence-electron chi connectivity index (χ2n) is 10.8. The molecule has 0 aliphatic carbocycles. The molecule has 0 fully saturated rings. The van der Waals surface area contributed by atoms with Gasteiger partial charge in [-0.15, -0.1) is 0 Å². The second kappa shape index (κ2) is 14.2. The van der Waals surface area contributed by atoms with Crippen LogP contribution in [0.4, 0.5) is 11.4 Å². The van der Waals surface area contributed by atoms with Gasteiger partial charge < -0.3 is 14.8 Å². The number of hydrogen-bond acceptors (Lipinski definition) is 8. The van der Waals surface area contributed by atoms with Gasteiger partial charge >= 0.3 is 0 Å². The predicted octanol–water partition coefficient (Wildman–Crippen LogP) is 6.52. The molecule has 1 aliphatic heterocycles. The van der Waals surface area contributed by atoms with Gasteiger partial charge in [-0.25, -0.2) is 4.99 Å². The van der Waals surface area contributed by atoms with Gasteiger partial charge in [-0.05, 0) is 85.6 Å². The van der Waals surface area contributed by atoms with Crippen LogP contribution in [0, 0.1) is 10.1 Å². The molecule has 1 aliphatic rings. The Bertz CT molecular complexity index is 2210. The minimum atomic E-state index is -0.747. The first-order valence-corrected chi connectivity index (χ1v) is 16.6. The van der Waals surface area contributed by atoms with Crippen LogP contribution in [-0.2, 0) is 11.4 Å². The van der Waals surface area contributed by atoms with Gasteiger partial charge in [-0.3, -0.25) is 24.3 Å². The third kappa shape index (κ3) is 6.99. The highest BCUT2D eigenvalue weighted by atomic mass is 79.9. The van der Waals surface area contributed by atoms with Crippen molar-refractivity contribution in [3.05, 3.63) is 159 Å². The largest absolute Gasteiger partial charge is 0.494 e. The Hall–Kier alpha value is -5.33. The van der Waals surface area contributed by atoms with E-state index in [1.165, 1.54) is 23.5 Å². The van der Waals surface area contributed by atoms with Crippen molar-refractivity contribution in [3.63, 3.8) is 0 Å². The standard InChI is InChI=1S/C36H29BrN4O6S/c1-3-46-29-16-11-24(12-17-29)33-32(34(42)39-27-7-5-4-6-8-27)22(2)38-36-40(33)35(43)31(48-36)20-25-19-26(37)13-18-30(25)47-21-23-9-14-28(15-10-23)41(44)45/h4-20,33H,3,21H2,1-2H3,(H,39,42)/b31-20-/t33-/m1/s1. The van der Waals surface area contributed by atoms with E-state index in [1.54, 1.807) is 47.9 Å². The van der Waals surface area contributed by atoms with E-state index in [-0.39, 0.29) is 23.8 Å². The number of ether oxygens (including phenoxy) is 2. The summed E-state index contributed by atoms with van der Waals surface area (Å²) in [6.07, 6.45) is 1.75. The fourth-order valence-electron chi connectivity index (χ4n) is 5.34. The van der Waals surface area contributed by atoms with Crippen LogP contribution >= 0.6 is 27.3 Å². The molecule has 5 aromatic rings. The number of carbonyl (C=O) groups is 1. The fourth-order valence-corrected chi connectivity index (χ4v) is 6.76. The number of halogens is 1. The van der Waals surface area contributed by atoms with E-state index in [4.69, 9.17) is 14.5 Å². The van der Waals surface area contributed by atoms with E-state index in [0.717, 1.165) is 15.6 Å². The third-order valence-corrected chi connectivity index (χ3v) is 9.08. The molecule has 2 heterocycles. The summed E-state index contributed by atoms with van der Waals surface area (Å²) < 4.78 is 14.5. The Morgan fingerprint density at radius 1 is 1.04 bits per heavy atom. The topological polar surface area (TPSA) is 125 Å². The van der Waals surface area contributed by atoms with E-state index < -0.39 is 11.0 Å². The molecule has 0 bridgehead atoms. The molecule has 12 heteroatoms. The summed E-state index contributed by atoms with van der Waals surface area (Å²) in [5, 5.41) is 14.0. The number of para-hydroxylation sites is 1. The molecule has 10 nitrogen and oxygen atoms in total. The van der Waals surface area contributed by atoms with E-state index in [0.29, 0.717) is 50.0 Å². The Kier molecular flexibility index (Phi) is 9.65. The Morgan fingerprint density at radius 2 is 1.77 bits per heavy atom. The maximum absolute atomic E-state index is 14.3. The monoisotopic (exact) mass is 724 g/mol. The van der Waals surface area contributed by atoms with Crippen LogP contribution < -0.4 is 29.7 Å². The maximum atomic E-state index is 14.3. The summed E-state index contributed by atoms with van der Waals surface area (Å²) in [5.41, 5.74) is 3.30.